The monoisotopic (exact) mass is 272 g/mol. The molecule has 0 saturated heterocycles. The lowest BCUT2D eigenvalue weighted by Gasteiger charge is -1.94. The van der Waals surface area contributed by atoms with Crippen LogP contribution in [0.15, 0.2) is 41.1 Å². The molecule has 3 aromatic heterocycles. The van der Waals surface area contributed by atoms with Gasteiger partial charge in [-0.2, -0.15) is 4.99 Å². The predicted octanol–water partition coefficient (Wildman–Crippen LogP) is 1.63. The zero-order chi connectivity index (χ0) is 13.2. The van der Waals surface area contributed by atoms with E-state index in [9.17, 15) is 4.79 Å². The third-order valence-corrected chi connectivity index (χ3v) is 3.71. The van der Waals surface area contributed by atoms with Gasteiger partial charge in [0.15, 0.2) is 4.80 Å². The second kappa shape index (κ2) is 4.81. The van der Waals surface area contributed by atoms with Gasteiger partial charge in [-0.15, -0.1) is 11.3 Å². The van der Waals surface area contributed by atoms with Gasteiger partial charge in [-0.25, -0.2) is 4.98 Å². The van der Waals surface area contributed by atoms with Crippen LogP contribution in [0.1, 0.15) is 5.56 Å². The SMILES string of the molecule is Cn1ccsc1=NC(=O)Cc1c[nH]c2ncccc12. The first-order chi connectivity index (χ1) is 9.24. The summed E-state index contributed by atoms with van der Waals surface area (Å²) in [6, 6.07) is 3.81. The van der Waals surface area contributed by atoms with Crippen LogP contribution in [0.5, 0.6) is 0 Å². The number of nitrogens with one attached hydrogen (secondary N) is 1. The Kier molecular flexibility index (Phi) is 3.00. The van der Waals surface area contributed by atoms with Gasteiger partial charge in [0.1, 0.15) is 5.65 Å². The molecule has 1 amide bonds. The first-order valence-corrected chi connectivity index (χ1v) is 6.70. The van der Waals surface area contributed by atoms with Crippen molar-refractivity contribution in [2.75, 3.05) is 0 Å². The summed E-state index contributed by atoms with van der Waals surface area (Å²) < 4.78 is 1.83. The van der Waals surface area contributed by atoms with E-state index in [0.717, 1.165) is 16.6 Å². The number of aromatic nitrogens is 3. The largest absolute Gasteiger partial charge is 0.346 e. The van der Waals surface area contributed by atoms with Crippen LogP contribution in [0, 0.1) is 0 Å². The third-order valence-electron chi connectivity index (χ3n) is 2.86. The molecular weight excluding hydrogens is 260 g/mol. The van der Waals surface area contributed by atoms with Gasteiger partial charge < -0.3 is 9.55 Å². The highest BCUT2D eigenvalue weighted by atomic mass is 32.1. The first-order valence-electron chi connectivity index (χ1n) is 5.83. The summed E-state index contributed by atoms with van der Waals surface area (Å²) in [4.78, 5) is 24.0. The molecule has 0 fully saturated rings. The van der Waals surface area contributed by atoms with E-state index < -0.39 is 0 Å². The molecular formula is C13H12N4OS. The van der Waals surface area contributed by atoms with Gasteiger partial charge in [0.05, 0.1) is 6.42 Å². The number of hydrogen-bond donors (Lipinski definition) is 1. The highest BCUT2D eigenvalue weighted by Crippen LogP contribution is 2.16. The zero-order valence-corrected chi connectivity index (χ0v) is 11.1. The summed E-state index contributed by atoms with van der Waals surface area (Å²) in [6.45, 7) is 0. The van der Waals surface area contributed by atoms with E-state index in [1.807, 2.05) is 41.5 Å². The molecule has 5 nitrogen and oxygen atoms in total. The average molecular weight is 272 g/mol. The van der Waals surface area contributed by atoms with Crippen LogP contribution in [0.2, 0.25) is 0 Å². The molecule has 0 aromatic carbocycles. The number of aryl methyl sites for hydroxylation is 1. The Labute approximate surface area is 113 Å². The van der Waals surface area contributed by atoms with Crippen molar-refractivity contribution >= 4 is 28.3 Å². The van der Waals surface area contributed by atoms with Crippen LogP contribution in [0.3, 0.4) is 0 Å². The molecule has 0 aliphatic carbocycles. The molecule has 0 atom stereocenters. The minimum absolute atomic E-state index is 0.150. The number of thiazole rings is 1. The second-order valence-corrected chi connectivity index (χ2v) is 5.07. The van der Waals surface area contributed by atoms with Gasteiger partial charge in [0.2, 0.25) is 0 Å². The standard InChI is InChI=1S/C13H12N4OS/c1-17-5-6-19-13(17)16-11(18)7-9-8-15-12-10(9)3-2-4-14-12/h2-6,8H,7H2,1H3,(H,14,15). The van der Waals surface area contributed by atoms with E-state index in [2.05, 4.69) is 15.0 Å². The van der Waals surface area contributed by atoms with Crippen molar-refractivity contribution in [1.29, 1.82) is 0 Å². The number of fused-ring (bicyclic) bond motifs is 1. The van der Waals surface area contributed by atoms with Crippen molar-refractivity contribution in [3.63, 3.8) is 0 Å². The fourth-order valence-corrected chi connectivity index (χ4v) is 2.65. The van der Waals surface area contributed by atoms with Crippen LogP contribution in [0.4, 0.5) is 0 Å². The van der Waals surface area contributed by atoms with Gasteiger partial charge in [0.25, 0.3) is 5.91 Å². The van der Waals surface area contributed by atoms with Gasteiger partial charge in [-0.05, 0) is 17.7 Å². The summed E-state index contributed by atoms with van der Waals surface area (Å²) in [5, 5.41) is 2.88. The van der Waals surface area contributed by atoms with Crippen molar-refractivity contribution in [1.82, 2.24) is 14.5 Å². The Morgan fingerprint density at radius 2 is 2.47 bits per heavy atom. The van der Waals surface area contributed by atoms with E-state index >= 15 is 0 Å². The fraction of sp³-hybridized carbons (Fsp3) is 0.154. The Morgan fingerprint density at radius 1 is 1.58 bits per heavy atom. The van der Waals surface area contributed by atoms with Crippen molar-refractivity contribution in [3.8, 4) is 0 Å². The number of hydrogen-bond acceptors (Lipinski definition) is 3. The first kappa shape index (κ1) is 11.9. The van der Waals surface area contributed by atoms with Gasteiger partial charge in [-0.1, -0.05) is 0 Å². The third kappa shape index (κ3) is 2.34. The molecule has 96 valence electrons. The molecule has 0 spiro atoms. The minimum atomic E-state index is -0.150. The molecule has 1 N–H and O–H groups in total. The number of pyridine rings is 1. The summed E-state index contributed by atoms with van der Waals surface area (Å²) in [7, 11) is 1.87. The van der Waals surface area contributed by atoms with Gasteiger partial charge >= 0.3 is 0 Å². The van der Waals surface area contributed by atoms with Crippen molar-refractivity contribution in [2.24, 2.45) is 12.0 Å². The Morgan fingerprint density at radius 3 is 3.26 bits per heavy atom. The summed E-state index contributed by atoms with van der Waals surface area (Å²) in [5.74, 6) is -0.150. The molecule has 19 heavy (non-hydrogen) atoms. The van der Waals surface area contributed by atoms with Crippen LogP contribution in [-0.4, -0.2) is 20.4 Å². The van der Waals surface area contributed by atoms with Crippen molar-refractivity contribution in [2.45, 2.75) is 6.42 Å². The maximum atomic E-state index is 12.0. The lowest BCUT2D eigenvalue weighted by atomic mass is 10.1. The number of rotatable bonds is 2. The summed E-state index contributed by atoms with van der Waals surface area (Å²) in [5.41, 5.74) is 1.73. The molecule has 0 saturated carbocycles. The van der Waals surface area contributed by atoms with Crippen LogP contribution in [0.25, 0.3) is 11.0 Å². The van der Waals surface area contributed by atoms with Gasteiger partial charge in [-0.3, -0.25) is 4.79 Å². The maximum absolute atomic E-state index is 12.0. The molecule has 3 rings (SSSR count). The van der Waals surface area contributed by atoms with Crippen molar-refractivity contribution in [3.05, 3.63) is 46.5 Å². The fourth-order valence-electron chi connectivity index (χ4n) is 1.90. The maximum Gasteiger partial charge on any atom is 0.252 e. The second-order valence-electron chi connectivity index (χ2n) is 4.19. The molecule has 0 unspecified atom stereocenters. The Balaban J connectivity index is 1.90. The quantitative estimate of drug-likeness (QED) is 0.770. The lowest BCUT2D eigenvalue weighted by molar-refractivity contribution is -0.117. The Bertz CT molecular complexity index is 796. The Hall–Kier alpha value is -2.21. The van der Waals surface area contributed by atoms with E-state index in [0.29, 0.717) is 4.80 Å². The van der Waals surface area contributed by atoms with E-state index in [4.69, 9.17) is 0 Å². The number of carbonyl (C=O) groups excluding carboxylic acids is 1. The van der Waals surface area contributed by atoms with E-state index in [1.54, 1.807) is 6.20 Å². The molecule has 0 bridgehead atoms. The molecule has 0 aliphatic heterocycles. The molecule has 6 heteroatoms. The van der Waals surface area contributed by atoms with Crippen LogP contribution < -0.4 is 4.80 Å². The predicted molar refractivity (Wildman–Crippen MR) is 73.7 cm³/mol. The summed E-state index contributed by atoms with van der Waals surface area (Å²) in [6.07, 6.45) is 5.70. The van der Waals surface area contributed by atoms with E-state index in [-0.39, 0.29) is 12.3 Å². The number of carbonyl (C=O) groups is 1. The minimum Gasteiger partial charge on any atom is -0.346 e. The van der Waals surface area contributed by atoms with E-state index in [1.165, 1.54) is 11.3 Å². The number of nitrogens with zero attached hydrogens (tertiary/aromatic N) is 3. The van der Waals surface area contributed by atoms with Crippen LogP contribution >= 0.6 is 11.3 Å². The smallest absolute Gasteiger partial charge is 0.252 e. The molecule has 0 aliphatic rings. The highest BCUT2D eigenvalue weighted by Gasteiger charge is 2.08. The number of amides is 1. The number of H-pyrrole nitrogens is 1. The topological polar surface area (TPSA) is 63.0 Å². The number of aromatic amines is 1. The summed E-state index contributed by atoms with van der Waals surface area (Å²) >= 11 is 1.45. The normalized spacial score (nSPS) is 12.2. The lowest BCUT2D eigenvalue weighted by Crippen LogP contribution is -2.13. The molecule has 3 aromatic rings. The average Bonchev–Trinajstić information content (AvgIpc) is 2.98. The highest BCUT2D eigenvalue weighted by molar-refractivity contribution is 7.07. The molecule has 3 heterocycles. The van der Waals surface area contributed by atoms with Gasteiger partial charge in [0, 0.05) is 36.4 Å². The van der Waals surface area contributed by atoms with Crippen molar-refractivity contribution < 1.29 is 4.79 Å². The van der Waals surface area contributed by atoms with Crippen LogP contribution in [-0.2, 0) is 18.3 Å². The zero-order valence-electron chi connectivity index (χ0n) is 10.3. The molecule has 0 radical (unpaired) electrons.